The molecule has 2 heterocycles. The fourth-order valence-corrected chi connectivity index (χ4v) is 8.42. The molecule has 0 saturated heterocycles. The fourth-order valence-electron chi connectivity index (χ4n) is 8.42. The van der Waals surface area contributed by atoms with Crippen LogP contribution in [0.2, 0.25) is 0 Å². The lowest BCUT2D eigenvalue weighted by atomic mass is 10.0. The largest absolute Gasteiger partial charge is 0.309 e. The molecule has 0 unspecified atom stereocenters. The van der Waals surface area contributed by atoms with Crippen molar-refractivity contribution in [2.75, 3.05) is 0 Å². The van der Waals surface area contributed by atoms with E-state index in [1.165, 1.54) is 72.0 Å². The molecule has 2 aliphatic carbocycles. The SMILES string of the molecule is c1ccc(-c2nc(-c3ccccc3)nc(-c3cccc4c3Cc3ccc(-n5c6ccccc6c6ccc7c(c65)Cc5ccccc5-7)cc3-4)n2)cc1. The summed E-state index contributed by atoms with van der Waals surface area (Å²) in [4.78, 5) is 15.1. The van der Waals surface area contributed by atoms with Gasteiger partial charge in [-0.2, -0.15) is 0 Å². The average Bonchev–Trinajstić information content (AvgIpc) is 3.88. The highest BCUT2D eigenvalue weighted by atomic mass is 15.0. The first-order valence-corrected chi connectivity index (χ1v) is 17.5. The van der Waals surface area contributed by atoms with E-state index in [2.05, 4.69) is 126 Å². The van der Waals surface area contributed by atoms with Crippen LogP contribution < -0.4 is 0 Å². The Kier molecular flexibility index (Phi) is 6.05. The van der Waals surface area contributed by atoms with Gasteiger partial charge in [-0.15, -0.1) is 0 Å². The molecule has 4 heteroatoms. The molecule has 0 spiro atoms. The van der Waals surface area contributed by atoms with Gasteiger partial charge in [-0.1, -0.05) is 140 Å². The Balaban J connectivity index is 1.09. The van der Waals surface area contributed by atoms with E-state index in [-0.39, 0.29) is 0 Å². The minimum atomic E-state index is 0.677. The van der Waals surface area contributed by atoms with Gasteiger partial charge in [0.2, 0.25) is 0 Å². The Bertz CT molecular complexity index is 2790. The van der Waals surface area contributed by atoms with Crippen LogP contribution in [0.25, 0.3) is 83.9 Å². The molecule has 0 amide bonds. The predicted molar refractivity (Wildman–Crippen MR) is 207 cm³/mol. The van der Waals surface area contributed by atoms with E-state index in [1.807, 2.05) is 36.4 Å². The van der Waals surface area contributed by atoms with Crippen LogP contribution in [0.3, 0.4) is 0 Å². The van der Waals surface area contributed by atoms with Crippen molar-refractivity contribution in [1.82, 2.24) is 19.5 Å². The van der Waals surface area contributed by atoms with E-state index in [0.717, 1.165) is 29.5 Å². The lowest BCUT2D eigenvalue weighted by Gasteiger charge is -2.13. The molecule has 2 aromatic heterocycles. The maximum absolute atomic E-state index is 5.09. The van der Waals surface area contributed by atoms with Gasteiger partial charge in [-0.3, -0.25) is 0 Å². The summed E-state index contributed by atoms with van der Waals surface area (Å²) in [6, 6.07) is 56.3. The molecule has 2 aliphatic rings. The highest BCUT2D eigenvalue weighted by Crippen LogP contribution is 2.46. The summed E-state index contributed by atoms with van der Waals surface area (Å²) >= 11 is 0. The summed E-state index contributed by atoms with van der Waals surface area (Å²) in [5.41, 5.74) is 17.3. The minimum absolute atomic E-state index is 0.677. The summed E-state index contributed by atoms with van der Waals surface area (Å²) in [7, 11) is 0. The van der Waals surface area contributed by atoms with Gasteiger partial charge >= 0.3 is 0 Å². The summed E-state index contributed by atoms with van der Waals surface area (Å²) in [6.45, 7) is 0. The van der Waals surface area contributed by atoms with Gasteiger partial charge in [-0.25, -0.2) is 15.0 Å². The van der Waals surface area contributed by atoms with Crippen LogP contribution in [0.5, 0.6) is 0 Å². The molecular weight excluding hydrogens is 621 g/mol. The van der Waals surface area contributed by atoms with E-state index < -0.39 is 0 Å². The number of rotatable bonds is 4. The fraction of sp³-hybridized carbons (Fsp3) is 0.0426. The zero-order valence-electron chi connectivity index (χ0n) is 27.7. The molecule has 51 heavy (non-hydrogen) atoms. The van der Waals surface area contributed by atoms with Crippen LogP contribution in [-0.2, 0) is 12.8 Å². The molecule has 0 N–H and O–H groups in total. The number of aromatic nitrogens is 4. The van der Waals surface area contributed by atoms with Crippen LogP contribution in [0, 0.1) is 0 Å². The maximum atomic E-state index is 5.09. The van der Waals surface area contributed by atoms with Gasteiger partial charge in [0.1, 0.15) is 0 Å². The van der Waals surface area contributed by atoms with Crippen molar-refractivity contribution in [3.63, 3.8) is 0 Å². The van der Waals surface area contributed by atoms with Gasteiger partial charge < -0.3 is 4.57 Å². The van der Waals surface area contributed by atoms with Gasteiger partial charge in [0.25, 0.3) is 0 Å². The zero-order valence-corrected chi connectivity index (χ0v) is 27.7. The highest BCUT2D eigenvalue weighted by Gasteiger charge is 2.27. The summed E-state index contributed by atoms with van der Waals surface area (Å²) in [5.74, 6) is 2.05. The van der Waals surface area contributed by atoms with Crippen molar-refractivity contribution in [2.45, 2.75) is 12.8 Å². The molecule has 4 nitrogen and oxygen atoms in total. The van der Waals surface area contributed by atoms with Crippen LogP contribution in [-0.4, -0.2) is 19.5 Å². The first kappa shape index (κ1) is 28.2. The third-order valence-corrected chi connectivity index (χ3v) is 10.7. The second-order valence-corrected chi connectivity index (χ2v) is 13.6. The zero-order chi connectivity index (χ0) is 33.5. The Morgan fingerprint density at radius 1 is 0.392 bits per heavy atom. The van der Waals surface area contributed by atoms with Crippen molar-refractivity contribution in [3.8, 4) is 62.1 Å². The normalized spacial score (nSPS) is 12.5. The molecular formula is C47H30N4. The smallest absolute Gasteiger partial charge is 0.164 e. The van der Waals surface area contributed by atoms with Gasteiger partial charge in [-0.05, 0) is 69.1 Å². The van der Waals surface area contributed by atoms with Crippen LogP contribution in [0.4, 0.5) is 0 Å². The predicted octanol–water partition coefficient (Wildman–Crippen LogP) is 11.1. The molecule has 0 atom stereocenters. The van der Waals surface area contributed by atoms with E-state index in [1.54, 1.807) is 0 Å². The van der Waals surface area contributed by atoms with Crippen LogP contribution in [0.15, 0.2) is 158 Å². The summed E-state index contributed by atoms with van der Waals surface area (Å²) in [6.07, 6.45) is 1.77. The van der Waals surface area contributed by atoms with Crippen molar-refractivity contribution >= 4 is 21.8 Å². The van der Waals surface area contributed by atoms with E-state index in [0.29, 0.717) is 17.5 Å². The monoisotopic (exact) mass is 650 g/mol. The number of nitrogens with zero attached hydrogens (tertiary/aromatic N) is 4. The van der Waals surface area contributed by atoms with Gasteiger partial charge in [0.05, 0.1) is 11.0 Å². The van der Waals surface area contributed by atoms with Crippen LogP contribution >= 0.6 is 0 Å². The number of benzene rings is 7. The topological polar surface area (TPSA) is 43.6 Å². The molecule has 0 saturated carbocycles. The summed E-state index contributed by atoms with van der Waals surface area (Å²) < 4.78 is 2.50. The molecule has 9 aromatic rings. The second kappa shape index (κ2) is 10.9. The van der Waals surface area contributed by atoms with Crippen molar-refractivity contribution in [3.05, 3.63) is 180 Å². The van der Waals surface area contributed by atoms with E-state index >= 15 is 0 Å². The van der Waals surface area contributed by atoms with Crippen molar-refractivity contribution in [1.29, 1.82) is 0 Å². The maximum Gasteiger partial charge on any atom is 0.164 e. The highest BCUT2D eigenvalue weighted by molar-refractivity contribution is 6.12. The second-order valence-electron chi connectivity index (χ2n) is 13.6. The Hall–Kier alpha value is -6.65. The Morgan fingerprint density at radius 3 is 1.80 bits per heavy atom. The number of hydrogen-bond donors (Lipinski definition) is 0. The van der Waals surface area contributed by atoms with Gasteiger partial charge in [0.15, 0.2) is 17.5 Å². The standard InChI is InChI=1S/C47H30N4/c1-3-12-29(13-4-1)45-48-46(30-14-5-2-6-15-30)50-47(49-45)39-20-11-19-35-40-28-33(23-22-32(40)26-41(35)39)51-43-21-10-9-18-37(43)38-25-24-36-34-17-8-7-16-31(34)27-42(36)44(38)51/h1-25,28H,26-27H2. The Labute approximate surface area is 295 Å². The molecule has 0 aliphatic heterocycles. The molecule has 0 bridgehead atoms. The van der Waals surface area contributed by atoms with Crippen molar-refractivity contribution < 1.29 is 0 Å². The van der Waals surface area contributed by atoms with E-state index in [9.17, 15) is 0 Å². The van der Waals surface area contributed by atoms with Crippen LogP contribution in [0.1, 0.15) is 22.3 Å². The quantitative estimate of drug-likeness (QED) is 0.190. The number of fused-ring (bicyclic) bond motifs is 10. The van der Waals surface area contributed by atoms with Crippen molar-refractivity contribution in [2.24, 2.45) is 0 Å². The lowest BCUT2D eigenvalue weighted by Crippen LogP contribution is -2.01. The van der Waals surface area contributed by atoms with E-state index in [4.69, 9.17) is 15.0 Å². The molecule has 0 fully saturated rings. The first-order valence-electron chi connectivity index (χ1n) is 17.5. The van der Waals surface area contributed by atoms with Gasteiger partial charge in [0, 0.05) is 39.6 Å². The molecule has 238 valence electrons. The first-order chi connectivity index (χ1) is 25.3. The molecule has 7 aromatic carbocycles. The summed E-state index contributed by atoms with van der Waals surface area (Å²) in [5, 5.41) is 2.59. The molecule has 11 rings (SSSR count). The average molecular weight is 651 g/mol. The third-order valence-electron chi connectivity index (χ3n) is 10.7. The molecule has 0 radical (unpaired) electrons. The Morgan fingerprint density at radius 2 is 1.00 bits per heavy atom. The number of para-hydroxylation sites is 1. The minimum Gasteiger partial charge on any atom is -0.309 e. The lowest BCUT2D eigenvalue weighted by molar-refractivity contribution is 1.07. The number of hydrogen-bond acceptors (Lipinski definition) is 3. The third kappa shape index (κ3) is 4.30.